The Balaban J connectivity index is 2.36. The third-order valence-electron chi connectivity index (χ3n) is 2.97. The number of fused-ring (bicyclic) bond motifs is 1. The summed E-state index contributed by atoms with van der Waals surface area (Å²) < 4.78 is 15.7. The van der Waals surface area contributed by atoms with Crippen LogP contribution >= 0.6 is 0 Å². The van der Waals surface area contributed by atoms with Crippen LogP contribution in [0.3, 0.4) is 0 Å². The Morgan fingerprint density at radius 3 is 2.78 bits per heavy atom. The van der Waals surface area contributed by atoms with Crippen molar-refractivity contribution in [1.29, 1.82) is 0 Å². The topological polar surface area (TPSA) is 43.3 Å². The Morgan fingerprint density at radius 1 is 1.22 bits per heavy atom. The predicted octanol–water partition coefficient (Wildman–Crippen LogP) is 3.03. The number of hydrogen-bond donors (Lipinski definition) is 1. The van der Waals surface area contributed by atoms with Crippen molar-refractivity contribution in [2.45, 2.75) is 6.92 Å². The minimum atomic E-state index is -0.278. The summed E-state index contributed by atoms with van der Waals surface area (Å²) in [6, 6.07) is 10.2. The van der Waals surface area contributed by atoms with Gasteiger partial charge in [0.1, 0.15) is 11.6 Å². The maximum atomic E-state index is 13.8. The van der Waals surface area contributed by atoms with Crippen LogP contribution in [-0.2, 0) is 0 Å². The summed E-state index contributed by atoms with van der Waals surface area (Å²) >= 11 is 0. The Morgan fingerprint density at radius 2 is 2.00 bits per heavy atom. The molecule has 3 rings (SSSR count). The number of pyridine rings is 1. The van der Waals surface area contributed by atoms with Crippen LogP contribution in [0.15, 0.2) is 42.6 Å². The molecular formula is C14H12FN3. The van der Waals surface area contributed by atoms with Crippen LogP contribution in [0, 0.1) is 12.7 Å². The minimum Gasteiger partial charge on any atom is -0.399 e. The smallest absolute Gasteiger partial charge is 0.132 e. The minimum absolute atomic E-state index is 0.278. The van der Waals surface area contributed by atoms with Crippen molar-refractivity contribution >= 4 is 11.2 Å². The van der Waals surface area contributed by atoms with Crippen molar-refractivity contribution in [3.05, 3.63) is 54.2 Å². The van der Waals surface area contributed by atoms with E-state index in [9.17, 15) is 4.39 Å². The average molecular weight is 241 g/mol. The van der Waals surface area contributed by atoms with Gasteiger partial charge in [0.15, 0.2) is 0 Å². The number of nitrogens with zero attached hydrogens (tertiary/aromatic N) is 2. The van der Waals surface area contributed by atoms with E-state index in [4.69, 9.17) is 5.73 Å². The number of anilines is 1. The quantitative estimate of drug-likeness (QED) is 0.711. The molecule has 0 fully saturated rings. The van der Waals surface area contributed by atoms with E-state index in [1.54, 1.807) is 24.3 Å². The SMILES string of the molecule is Cc1nc(-c2ccccc2F)c2cc(N)ccn12. The summed E-state index contributed by atoms with van der Waals surface area (Å²) in [6.45, 7) is 1.88. The fourth-order valence-electron chi connectivity index (χ4n) is 2.11. The monoisotopic (exact) mass is 241 g/mol. The van der Waals surface area contributed by atoms with Crippen LogP contribution in [0.5, 0.6) is 0 Å². The molecule has 2 aromatic heterocycles. The van der Waals surface area contributed by atoms with E-state index >= 15 is 0 Å². The molecule has 0 spiro atoms. The van der Waals surface area contributed by atoms with Gasteiger partial charge in [-0.05, 0) is 31.2 Å². The lowest BCUT2D eigenvalue weighted by Gasteiger charge is -2.01. The normalized spacial score (nSPS) is 11.0. The van der Waals surface area contributed by atoms with Crippen molar-refractivity contribution in [3.63, 3.8) is 0 Å². The molecule has 90 valence electrons. The first-order chi connectivity index (χ1) is 8.66. The van der Waals surface area contributed by atoms with Crippen molar-refractivity contribution in [1.82, 2.24) is 9.38 Å². The molecule has 0 aliphatic rings. The number of benzene rings is 1. The molecule has 0 unspecified atom stereocenters. The highest BCUT2D eigenvalue weighted by Gasteiger charge is 2.13. The zero-order chi connectivity index (χ0) is 12.7. The molecule has 0 aliphatic carbocycles. The highest BCUT2D eigenvalue weighted by Crippen LogP contribution is 2.27. The largest absolute Gasteiger partial charge is 0.399 e. The molecule has 4 heteroatoms. The van der Waals surface area contributed by atoms with Crippen molar-refractivity contribution < 1.29 is 4.39 Å². The van der Waals surface area contributed by atoms with Crippen LogP contribution in [-0.4, -0.2) is 9.38 Å². The van der Waals surface area contributed by atoms with Gasteiger partial charge in [-0.1, -0.05) is 12.1 Å². The first-order valence-corrected chi connectivity index (χ1v) is 5.66. The summed E-state index contributed by atoms with van der Waals surface area (Å²) in [6.07, 6.45) is 1.84. The molecule has 1 aromatic carbocycles. The molecule has 0 saturated heterocycles. The Hall–Kier alpha value is -2.36. The Labute approximate surface area is 104 Å². The maximum absolute atomic E-state index is 13.8. The lowest BCUT2D eigenvalue weighted by atomic mass is 10.1. The molecular weight excluding hydrogens is 229 g/mol. The molecule has 18 heavy (non-hydrogen) atoms. The van der Waals surface area contributed by atoms with Gasteiger partial charge in [0.25, 0.3) is 0 Å². The van der Waals surface area contributed by atoms with Crippen LogP contribution < -0.4 is 5.73 Å². The zero-order valence-corrected chi connectivity index (χ0v) is 9.89. The molecule has 0 radical (unpaired) electrons. The van der Waals surface area contributed by atoms with Crippen molar-refractivity contribution in [2.24, 2.45) is 0 Å². The van der Waals surface area contributed by atoms with Crippen LogP contribution in [0.4, 0.5) is 10.1 Å². The fraction of sp³-hybridized carbons (Fsp3) is 0.0714. The first-order valence-electron chi connectivity index (χ1n) is 5.66. The molecule has 0 atom stereocenters. The molecule has 0 saturated carbocycles. The average Bonchev–Trinajstić information content (AvgIpc) is 2.67. The van der Waals surface area contributed by atoms with E-state index in [0.29, 0.717) is 16.9 Å². The second kappa shape index (κ2) is 3.84. The number of nitrogens with two attached hydrogens (primary N) is 1. The van der Waals surface area contributed by atoms with Gasteiger partial charge in [-0.15, -0.1) is 0 Å². The molecule has 3 nitrogen and oxygen atoms in total. The standard InChI is InChI=1S/C14H12FN3/c1-9-17-14(11-4-2-3-5-12(11)15)13-8-10(16)6-7-18(9)13/h2-8H,16H2,1H3. The van der Waals surface area contributed by atoms with E-state index in [2.05, 4.69) is 4.98 Å². The van der Waals surface area contributed by atoms with Gasteiger partial charge in [-0.25, -0.2) is 9.37 Å². The molecule has 2 N–H and O–H groups in total. The molecule has 0 amide bonds. The van der Waals surface area contributed by atoms with Gasteiger partial charge in [0.2, 0.25) is 0 Å². The summed E-state index contributed by atoms with van der Waals surface area (Å²) in [5, 5.41) is 0. The summed E-state index contributed by atoms with van der Waals surface area (Å²) in [4.78, 5) is 4.43. The van der Waals surface area contributed by atoms with Gasteiger partial charge in [0.05, 0.1) is 11.2 Å². The number of aryl methyl sites for hydroxylation is 1. The predicted molar refractivity (Wildman–Crippen MR) is 69.7 cm³/mol. The van der Waals surface area contributed by atoms with Gasteiger partial charge >= 0.3 is 0 Å². The zero-order valence-electron chi connectivity index (χ0n) is 9.89. The summed E-state index contributed by atoms with van der Waals surface area (Å²) in [5.74, 6) is 0.531. The van der Waals surface area contributed by atoms with E-state index in [-0.39, 0.29) is 5.82 Å². The van der Waals surface area contributed by atoms with Gasteiger partial charge in [-0.3, -0.25) is 0 Å². The second-order valence-corrected chi connectivity index (χ2v) is 4.20. The molecule has 3 aromatic rings. The number of rotatable bonds is 1. The maximum Gasteiger partial charge on any atom is 0.132 e. The van der Waals surface area contributed by atoms with Crippen LogP contribution in [0.25, 0.3) is 16.8 Å². The van der Waals surface area contributed by atoms with Crippen LogP contribution in [0.2, 0.25) is 0 Å². The summed E-state index contributed by atoms with van der Waals surface area (Å²) in [7, 11) is 0. The Kier molecular flexibility index (Phi) is 2.30. The molecule has 0 aliphatic heterocycles. The number of halogens is 1. The first kappa shape index (κ1) is 10.8. The van der Waals surface area contributed by atoms with Gasteiger partial charge in [-0.2, -0.15) is 0 Å². The van der Waals surface area contributed by atoms with E-state index in [1.807, 2.05) is 23.6 Å². The third-order valence-corrected chi connectivity index (χ3v) is 2.97. The van der Waals surface area contributed by atoms with Gasteiger partial charge in [0, 0.05) is 17.4 Å². The van der Waals surface area contributed by atoms with E-state index in [1.165, 1.54) is 6.07 Å². The van der Waals surface area contributed by atoms with Crippen LogP contribution in [0.1, 0.15) is 5.82 Å². The second-order valence-electron chi connectivity index (χ2n) is 4.20. The molecule has 2 heterocycles. The van der Waals surface area contributed by atoms with E-state index in [0.717, 1.165) is 11.3 Å². The number of aromatic nitrogens is 2. The van der Waals surface area contributed by atoms with E-state index < -0.39 is 0 Å². The third kappa shape index (κ3) is 1.54. The lowest BCUT2D eigenvalue weighted by Crippen LogP contribution is -1.90. The van der Waals surface area contributed by atoms with Crippen molar-refractivity contribution in [3.8, 4) is 11.3 Å². The fourth-order valence-corrected chi connectivity index (χ4v) is 2.11. The number of hydrogen-bond acceptors (Lipinski definition) is 2. The number of nitrogen functional groups attached to an aromatic ring is 1. The molecule has 0 bridgehead atoms. The highest BCUT2D eigenvalue weighted by atomic mass is 19.1. The number of imidazole rings is 1. The Bertz CT molecular complexity index is 731. The highest BCUT2D eigenvalue weighted by molar-refractivity contribution is 5.79. The van der Waals surface area contributed by atoms with Gasteiger partial charge < -0.3 is 10.1 Å². The van der Waals surface area contributed by atoms with Crippen molar-refractivity contribution in [2.75, 3.05) is 5.73 Å². The summed E-state index contributed by atoms with van der Waals surface area (Å²) in [5.41, 5.74) is 8.36. The lowest BCUT2D eigenvalue weighted by molar-refractivity contribution is 0.631.